The van der Waals surface area contributed by atoms with Crippen molar-refractivity contribution in [3.05, 3.63) is 70.3 Å². The zero-order valence-corrected chi connectivity index (χ0v) is 11.4. The van der Waals surface area contributed by atoms with Gasteiger partial charge in [-0.25, -0.2) is 0 Å². The van der Waals surface area contributed by atoms with Gasteiger partial charge in [-0.15, -0.1) is 0 Å². The van der Waals surface area contributed by atoms with E-state index in [1.807, 2.05) is 0 Å². The molecule has 0 fully saturated rings. The number of hydrogen-bond donors (Lipinski definition) is 1. The molecule has 2 rings (SSSR count). The summed E-state index contributed by atoms with van der Waals surface area (Å²) in [5, 5.41) is 0. The molecule has 0 aliphatic rings. The van der Waals surface area contributed by atoms with Crippen LogP contribution in [0.15, 0.2) is 42.5 Å². The summed E-state index contributed by atoms with van der Waals surface area (Å²) in [4.78, 5) is 0. The van der Waals surface area contributed by atoms with Gasteiger partial charge in [0.25, 0.3) is 0 Å². The van der Waals surface area contributed by atoms with Crippen molar-refractivity contribution >= 4 is 0 Å². The molecule has 0 saturated heterocycles. The maximum atomic E-state index is 6.33. The van der Waals surface area contributed by atoms with Gasteiger partial charge in [0, 0.05) is 6.04 Å². The van der Waals surface area contributed by atoms with Crippen LogP contribution in [0, 0.1) is 20.8 Å². The van der Waals surface area contributed by atoms with Crippen LogP contribution in [0.25, 0.3) is 0 Å². The van der Waals surface area contributed by atoms with Gasteiger partial charge in [0.1, 0.15) is 0 Å². The van der Waals surface area contributed by atoms with E-state index in [1.54, 1.807) is 0 Å². The summed E-state index contributed by atoms with van der Waals surface area (Å²) in [5.74, 6) is 0. The molecule has 0 amide bonds. The largest absolute Gasteiger partial charge is 0.324 e. The topological polar surface area (TPSA) is 26.0 Å². The number of nitrogens with two attached hydrogens (primary N) is 1. The smallest absolute Gasteiger partial charge is 0.0336 e. The molecule has 1 unspecified atom stereocenters. The van der Waals surface area contributed by atoms with Crippen LogP contribution >= 0.6 is 0 Å². The van der Waals surface area contributed by atoms with Gasteiger partial charge in [-0.05, 0) is 43.9 Å². The van der Waals surface area contributed by atoms with Crippen molar-refractivity contribution in [3.8, 4) is 0 Å². The van der Waals surface area contributed by atoms with Crippen LogP contribution in [0.3, 0.4) is 0 Å². The van der Waals surface area contributed by atoms with E-state index in [9.17, 15) is 0 Å². The molecule has 1 heteroatoms. The molecule has 18 heavy (non-hydrogen) atoms. The highest BCUT2D eigenvalue weighted by Gasteiger charge is 2.09. The number of hydrogen-bond acceptors (Lipinski definition) is 1. The molecule has 0 radical (unpaired) electrons. The first-order valence-corrected chi connectivity index (χ1v) is 6.44. The molecule has 2 aromatic rings. The van der Waals surface area contributed by atoms with E-state index in [4.69, 9.17) is 5.73 Å². The SMILES string of the molecule is Cc1cc(C)cc(C(N)Cc2ccccc2C)c1. The van der Waals surface area contributed by atoms with E-state index in [0.717, 1.165) is 6.42 Å². The highest BCUT2D eigenvalue weighted by atomic mass is 14.6. The van der Waals surface area contributed by atoms with Crippen LogP contribution in [0.2, 0.25) is 0 Å². The van der Waals surface area contributed by atoms with E-state index in [2.05, 4.69) is 63.2 Å². The second kappa shape index (κ2) is 5.36. The normalized spacial score (nSPS) is 12.4. The van der Waals surface area contributed by atoms with Crippen molar-refractivity contribution in [1.82, 2.24) is 0 Å². The summed E-state index contributed by atoms with van der Waals surface area (Å²) in [6.07, 6.45) is 0.898. The minimum atomic E-state index is 0.0738. The fourth-order valence-corrected chi connectivity index (χ4v) is 2.42. The highest BCUT2D eigenvalue weighted by molar-refractivity contribution is 5.33. The van der Waals surface area contributed by atoms with Crippen LogP contribution in [-0.2, 0) is 6.42 Å². The molecule has 94 valence electrons. The summed E-state index contributed by atoms with van der Waals surface area (Å²) in [6, 6.07) is 15.1. The van der Waals surface area contributed by atoms with Crippen molar-refractivity contribution in [2.24, 2.45) is 5.73 Å². The van der Waals surface area contributed by atoms with Gasteiger partial charge in [0.15, 0.2) is 0 Å². The molecule has 0 aliphatic heterocycles. The molecule has 0 heterocycles. The molecule has 0 bridgehead atoms. The number of rotatable bonds is 3. The van der Waals surface area contributed by atoms with Crippen LogP contribution < -0.4 is 5.73 Å². The minimum Gasteiger partial charge on any atom is -0.324 e. The number of benzene rings is 2. The van der Waals surface area contributed by atoms with Gasteiger partial charge in [0.2, 0.25) is 0 Å². The Morgan fingerprint density at radius 1 is 0.944 bits per heavy atom. The molecular weight excluding hydrogens is 218 g/mol. The van der Waals surface area contributed by atoms with Crippen molar-refractivity contribution in [3.63, 3.8) is 0 Å². The third-order valence-corrected chi connectivity index (χ3v) is 3.37. The quantitative estimate of drug-likeness (QED) is 0.865. The number of aryl methyl sites for hydroxylation is 3. The van der Waals surface area contributed by atoms with Gasteiger partial charge in [-0.1, -0.05) is 53.6 Å². The van der Waals surface area contributed by atoms with E-state index in [1.165, 1.54) is 27.8 Å². The van der Waals surface area contributed by atoms with Crippen molar-refractivity contribution in [1.29, 1.82) is 0 Å². The van der Waals surface area contributed by atoms with Crippen LogP contribution in [-0.4, -0.2) is 0 Å². The molecule has 0 aliphatic carbocycles. The Morgan fingerprint density at radius 2 is 1.56 bits per heavy atom. The Bertz CT molecular complexity index is 523. The first kappa shape index (κ1) is 12.8. The first-order chi connectivity index (χ1) is 8.56. The van der Waals surface area contributed by atoms with Crippen molar-refractivity contribution in [2.45, 2.75) is 33.2 Å². The lowest BCUT2D eigenvalue weighted by atomic mass is 9.95. The Kier molecular flexibility index (Phi) is 3.83. The van der Waals surface area contributed by atoms with E-state index >= 15 is 0 Å². The van der Waals surface area contributed by atoms with Crippen LogP contribution in [0.5, 0.6) is 0 Å². The van der Waals surface area contributed by atoms with Crippen LogP contribution in [0.4, 0.5) is 0 Å². The summed E-state index contributed by atoms with van der Waals surface area (Å²) >= 11 is 0. The predicted molar refractivity (Wildman–Crippen MR) is 77.7 cm³/mol. The summed E-state index contributed by atoms with van der Waals surface area (Å²) in [5.41, 5.74) is 12.8. The lowest BCUT2D eigenvalue weighted by Crippen LogP contribution is -2.14. The molecule has 0 aromatic heterocycles. The van der Waals surface area contributed by atoms with E-state index in [-0.39, 0.29) is 6.04 Å². The Labute approximate surface area is 110 Å². The van der Waals surface area contributed by atoms with Gasteiger partial charge in [0.05, 0.1) is 0 Å². The Hall–Kier alpha value is -1.60. The van der Waals surface area contributed by atoms with Crippen LogP contribution in [0.1, 0.15) is 33.9 Å². The molecule has 0 spiro atoms. The Morgan fingerprint density at radius 3 is 2.17 bits per heavy atom. The standard InChI is InChI=1S/C17H21N/c1-12-8-13(2)10-16(9-12)17(18)11-15-7-5-4-6-14(15)3/h4-10,17H,11,18H2,1-3H3. The second-order valence-corrected chi connectivity index (χ2v) is 5.16. The second-order valence-electron chi connectivity index (χ2n) is 5.16. The zero-order chi connectivity index (χ0) is 13.1. The molecule has 2 N–H and O–H groups in total. The van der Waals surface area contributed by atoms with Gasteiger partial charge in [-0.3, -0.25) is 0 Å². The molecule has 1 atom stereocenters. The predicted octanol–water partition coefficient (Wildman–Crippen LogP) is 3.85. The van der Waals surface area contributed by atoms with E-state index < -0.39 is 0 Å². The third kappa shape index (κ3) is 2.99. The Balaban J connectivity index is 2.22. The van der Waals surface area contributed by atoms with Crippen molar-refractivity contribution in [2.75, 3.05) is 0 Å². The fraction of sp³-hybridized carbons (Fsp3) is 0.294. The molecular formula is C17H21N. The average molecular weight is 239 g/mol. The van der Waals surface area contributed by atoms with E-state index in [0.29, 0.717) is 0 Å². The minimum absolute atomic E-state index is 0.0738. The molecule has 1 nitrogen and oxygen atoms in total. The van der Waals surface area contributed by atoms with Gasteiger partial charge < -0.3 is 5.73 Å². The highest BCUT2D eigenvalue weighted by Crippen LogP contribution is 2.20. The lowest BCUT2D eigenvalue weighted by molar-refractivity contribution is 0.717. The monoisotopic (exact) mass is 239 g/mol. The van der Waals surface area contributed by atoms with Gasteiger partial charge >= 0.3 is 0 Å². The summed E-state index contributed by atoms with van der Waals surface area (Å²) in [7, 11) is 0. The summed E-state index contributed by atoms with van der Waals surface area (Å²) in [6.45, 7) is 6.39. The lowest BCUT2D eigenvalue weighted by Gasteiger charge is -2.15. The van der Waals surface area contributed by atoms with Gasteiger partial charge in [-0.2, -0.15) is 0 Å². The van der Waals surface area contributed by atoms with Crippen molar-refractivity contribution < 1.29 is 0 Å². The first-order valence-electron chi connectivity index (χ1n) is 6.44. The zero-order valence-electron chi connectivity index (χ0n) is 11.4. The molecule has 0 saturated carbocycles. The summed E-state index contributed by atoms with van der Waals surface area (Å²) < 4.78 is 0. The maximum absolute atomic E-state index is 6.33. The fourth-order valence-electron chi connectivity index (χ4n) is 2.42. The molecule has 2 aromatic carbocycles. The maximum Gasteiger partial charge on any atom is 0.0336 e. The third-order valence-electron chi connectivity index (χ3n) is 3.37. The average Bonchev–Trinajstić information content (AvgIpc) is 2.31.